The van der Waals surface area contributed by atoms with Gasteiger partial charge in [0.25, 0.3) is 8.32 Å². The summed E-state index contributed by atoms with van der Waals surface area (Å²) < 4.78 is 19.9. The van der Waals surface area contributed by atoms with Crippen LogP contribution < -0.4 is 10.4 Å². The van der Waals surface area contributed by atoms with Crippen LogP contribution in [0.3, 0.4) is 0 Å². The second-order valence-electron chi connectivity index (χ2n) is 11.7. The Morgan fingerprint density at radius 1 is 1.00 bits per heavy atom. The second kappa shape index (κ2) is 15.1. The quantitative estimate of drug-likeness (QED) is 0.162. The van der Waals surface area contributed by atoms with Gasteiger partial charge in [0.2, 0.25) is 0 Å². The average molecular weight is 539 g/mol. The lowest BCUT2D eigenvalue weighted by Gasteiger charge is -2.44. The number of hydrogen-bond acceptors (Lipinski definition) is 4. The molecule has 210 valence electrons. The van der Waals surface area contributed by atoms with Gasteiger partial charge >= 0.3 is 0 Å². The van der Waals surface area contributed by atoms with Gasteiger partial charge in [0, 0.05) is 6.61 Å². The summed E-state index contributed by atoms with van der Waals surface area (Å²) in [6, 6.07) is 21.4. The molecule has 4 nitrogen and oxygen atoms in total. The van der Waals surface area contributed by atoms with E-state index in [0.717, 1.165) is 32.1 Å². The smallest absolute Gasteiger partial charge is 0.261 e. The predicted molar refractivity (Wildman–Crippen MR) is 161 cm³/mol. The van der Waals surface area contributed by atoms with Crippen LogP contribution in [0.25, 0.3) is 0 Å². The fourth-order valence-corrected chi connectivity index (χ4v) is 10.3. The maximum atomic E-state index is 10.9. The maximum absolute atomic E-state index is 10.9. The Kier molecular flexibility index (Phi) is 12.3. The topological polar surface area (TPSA) is 47.9 Å². The van der Waals surface area contributed by atoms with E-state index in [1.54, 1.807) is 6.08 Å². The third kappa shape index (κ3) is 7.89. The van der Waals surface area contributed by atoms with E-state index in [1.165, 1.54) is 29.6 Å². The maximum Gasteiger partial charge on any atom is 0.261 e. The highest BCUT2D eigenvalue weighted by Crippen LogP contribution is 2.37. The summed E-state index contributed by atoms with van der Waals surface area (Å²) in [6.45, 7) is 14.2. The molecule has 0 aromatic heterocycles. The van der Waals surface area contributed by atoms with Gasteiger partial charge in [-0.05, 0) is 34.7 Å². The lowest BCUT2D eigenvalue weighted by molar-refractivity contribution is -0.150. The third-order valence-corrected chi connectivity index (χ3v) is 12.8. The van der Waals surface area contributed by atoms with E-state index >= 15 is 0 Å². The number of aliphatic hydroxyl groups excluding tert-OH is 1. The number of ether oxygens (including phenoxy) is 2. The van der Waals surface area contributed by atoms with Crippen molar-refractivity contribution < 1.29 is 19.0 Å². The fraction of sp³-hybridized carbons (Fsp3) is 0.576. The minimum atomic E-state index is -2.67. The van der Waals surface area contributed by atoms with Crippen LogP contribution in [0, 0.1) is 0 Å². The highest BCUT2D eigenvalue weighted by molar-refractivity contribution is 6.99. The van der Waals surface area contributed by atoms with Crippen LogP contribution in [0.1, 0.15) is 79.1 Å². The normalized spacial score (nSPS) is 20.1. The van der Waals surface area contributed by atoms with Crippen molar-refractivity contribution in [3.05, 3.63) is 73.3 Å². The number of rotatable bonds is 15. The molecule has 4 atom stereocenters. The molecule has 2 aromatic rings. The summed E-state index contributed by atoms with van der Waals surface area (Å²) in [5.41, 5.74) is 0. The molecular weight excluding hydrogens is 488 g/mol. The summed E-state index contributed by atoms with van der Waals surface area (Å²) in [5, 5.41) is 13.3. The summed E-state index contributed by atoms with van der Waals surface area (Å²) in [5.74, 6) is 0. The van der Waals surface area contributed by atoms with Crippen LogP contribution >= 0.6 is 0 Å². The first-order valence-corrected chi connectivity index (χ1v) is 16.6. The van der Waals surface area contributed by atoms with E-state index in [-0.39, 0.29) is 17.2 Å². The minimum absolute atomic E-state index is 0.0989. The molecule has 0 saturated carbocycles. The molecule has 0 unspecified atom stereocenters. The fourth-order valence-electron chi connectivity index (χ4n) is 5.72. The molecule has 0 spiro atoms. The summed E-state index contributed by atoms with van der Waals surface area (Å²) in [6.07, 6.45) is 8.90. The zero-order valence-electron chi connectivity index (χ0n) is 24.1. The Balaban J connectivity index is 1.77. The molecule has 5 heteroatoms. The number of unbranched alkanes of at least 4 members (excludes halogenated alkanes) is 4. The molecular formula is C33H50O4Si. The Hall–Kier alpha value is -1.76. The Morgan fingerprint density at radius 3 is 2.16 bits per heavy atom. The van der Waals surface area contributed by atoms with Gasteiger partial charge in [0.05, 0.1) is 18.8 Å². The molecule has 0 amide bonds. The van der Waals surface area contributed by atoms with E-state index in [9.17, 15) is 5.11 Å². The molecule has 0 aliphatic carbocycles. The highest BCUT2D eigenvalue weighted by atomic mass is 28.4. The predicted octanol–water partition coefficient (Wildman–Crippen LogP) is 6.40. The lowest BCUT2D eigenvalue weighted by Crippen LogP contribution is -2.67. The highest BCUT2D eigenvalue weighted by Gasteiger charge is 2.51. The van der Waals surface area contributed by atoms with Crippen LogP contribution in [-0.2, 0) is 13.9 Å². The van der Waals surface area contributed by atoms with Gasteiger partial charge in [-0.15, -0.1) is 6.58 Å². The van der Waals surface area contributed by atoms with Crippen molar-refractivity contribution in [2.75, 3.05) is 13.2 Å². The van der Waals surface area contributed by atoms with Gasteiger partial charge < -0.3 is 19.0 Å². The molecule has 1 heterocycles. The number of hydrogen-bond donors (Lipinski definition) is 1. The molecule has 38 heavy (non-hydrogen) atoms. The van der Waals surface area contributed by atoms with Crippen molar-refractivity contribution >= 4 is 18.7 Å². The van der Waals surface area contributed by atoms with E-state index in [1.807, 2.05) is 0 Å². The Labute approximate surface area is 232 Å². The molecule has 1 fully saturated rings. The number of benzene rings is 2. The van der Waals surface area contributed by atoms with Crippen LogP contribution in [0.4, 0.5) is 0 Å². The van der Waals surface area contributed by atoms with Crippen molar-refractivity contribution in [1.29, 1.82) is 0 Å². The molecule has 1 aliphatic rings. The first-order valence-electron chi connectivity index (χ1n) is 14.7. The van der Waals surface area contributed by atoms with E-state index in [2.05, 4.69) is 94.9 Å². The molecule has 2 aromatic carbocycles. The first kappa shape index (κ1) is 30.8. The van der Waals surface area contributed by atoms with Gasteiger partial charge in [0.1, 0.15) is 12.2 Å². The molecule has 0 radical (unpaired) electrons. The Morgan fingerprint density at radius 2 is 1.61 bits per heavy atom. The Bertz CT molecular complexity index is 888. The van der Waals surface area contributed by atoms with Crippen molar-refractivity contribution in [3.63, 3.8) is 0 Å². The second-order valence-corrected chi connectivity index (χ2v) is 16.0. The molecule has 1 N–H and O–H groups in total. The van der Waals surface area contributed by atoms with Crippen molar-refractivity contribution in [3.8, 4) is 0 Å². The van der Waals surface area contributed by atoms with Crippen LogP contribution in [-0.4, -0.2) is 51.1 Å². The number of aliphatic hydroxyl groups is 1. The summed E-state index contributed by atoms with van der Waals surface area (Å²) in [7, 11) is -2.67. The SMILES string of the molecule is C=C[C@H](O[C@H]1CCCO[C@@H]1CO[Si](c1ccccc1)(c1ccccc1)C(C)(C)C)[C@@H](O)CCCCCCC. The summed E-state index contributed by atoms with van der Waals surface area (Å²) >= 11 is 0. The van der Waals surface area contributed by atoms with E-state index in [0.29, 0.717) is 13.2 Å². The summed E-state index contributed by atoms with van der Waals surface area (Å²) in [4.78, 5) is 0. The largest absolute Gasteiger partial charge is 0.405 e. The van der Waals surface area contributed by atoms with Gasteiger partial charge in [-0.3, -0.25) is 0 Å². The molecule has 1 saturated heterocycles. The van der Waals surface area contributed by atoms with Gasteiger partial charge in [-0.25, -0.2) is 0 Å². The first-order chi connectivity index (χ1) is 18.3. The molecule has 3 rings (SSSR count). The average Bonchev–Trinajstić information content (AvgIpc) is 2.93. The van der Waals surface area contributed by atoms with Crippen molar-refractivity contribution in [2.24, 2.45) is 0 Å². The van der Waals surface area contributed by atoms with Crippen LogP contribution in [0.15, 0.2) is 73.3 Å². The van der Waals surface area contributed by atoms with Gasteiger partial charge in [-0.1, -0.05) is 127 Å². The van der Waals surface area contributed by atoms with Crippen LogP contribution in [0.5, 0.6) is 0 Å². The van der Waals surface area contributed by atoms with E-state index in [4.69, 9.17) is 13.9 Å². The monoisotopic (exact) mass is 538 g/mol. The minimum Gasteiger partial charge on any atom is -0.405 e. The molecule has 1 aliphatic heterocycles. The van der Waals surface area contributed by atoms with Gasteiger partial charge in [0.15, 0.2) is 0 Å². The van der Waals surface area contributed by atoms with Gasteiger partial charge in [-0.2, -0.15) is 0 Å². The van der Waals surface area contributed by atoms with E-state index < -0.39 is 20.5 Å². The lowest BCUT2D eigenvalue weighted by atomic mass is 10.0. The van der Waals surface area contributed by atoms with Crippen molar-refractivity contribution in [1.82, 2.24) is 0 Å². The third-order valence-electron chi connectivity index (χ3n) is 7.81. The van der Waals surface area contributed by atoms with Crippen LogP contribution in [0.2, 0.25) is 5.04 Å². The standard InChI is InChI=1S/C33H50O4Si/c1-6-8-9-10-17-23-29(34)30(7-2)37-31-24-18-25-35-32(31)26-36-38(33(3,4)5,27-19-13-11-14-20-27)28-21-15-12-16-22-28/h7,11-16,19-22,29-32,34H,2,6,8-10,17-18,23-26H2,1,3-5H3/t29-,30-,31-,32+/m0/s1. The van der Waals surface area contributed by atoms with Crippen molar-refractivity contribution in [2.45, 2.75) is 109 Å². The zero-order chi connectivity index (χ0) is 27.4. The zero-order valence-corrected chi connectivity index (χ0v) is 25.1. The molecule has 0 bridgehead atoms.